The average molecular weight is 427 g/mol. The first-order valence-corrected chi connectivity index (χ1v) is 11.2. The van der Waals surface area contributed by atoms with E-state index in [9.17, 15) is 14.4 Å². The summed E-state index contributed by atoms with van der Waals surface area (Å²) in [5, 5.41) is 0. The molecule has 2 saturated heterocycles. The van der Waals surface area contributed by atoms with Gasteiger partial charge in [-0.3, -0.25) is 14.4 Å². The van der Waals surface area contributed by atoms with Gasteiger partial charge in [0.1, 0.15) is 6.10 Å². The highest BCUT2D eigenvalue weighted by molar-refractivity contribution is 5.96. The number of fused-ring (bicyclic) bond motifs is 6. The SMILES string of the molecule is CC(=O)N(C)CCC12c3ccccc3N(C(C)=O)C1C1CO[C@H](C)[C@@H]3C(=O)O[C@H]2CC13. The Kier molecular flexibility index (Phi) is 4.66. The van der Waals surface area contributed by atoms with Crippen LogP contribution < -0.4 is 4.90 Å². The van der Waals surface area contributed by atoms with E-state index >= 15 is 0 Å². The molecule has 4 aliphatic rings. The Morgan fingerprint density at radius 3 is 2.68 bits per heavy atom. The monoisotopic (exact) mass is 426 g/mol. The molecule has 166 valence electrons. The largest absolute Gasteiger partial charge is 0.461 e. The van der Waals surface area contributed by atoms with E-state index in [1.54, 1.807) is 25.8 Å². The van der Waals surface area contributed by atoms with Gasteiger partial charge in [-0.2, -0.15) is 0 Å². The van der Waals surface area contributed by atoms with Crippen molar-refractivity contribution < 1.29 is 23.9 Å². The lowest BCUT2D eigenvalue weighted by Gasteiger charge is -2.59. The number of benzene rings is 1. The van der Waals surface area contributed by atoms with Crippen LogP contribution in [0, 0.1) is 17.8 Å². The highest BCUT2D eigenvalue weighted by atomic mass is 16.6. The number of carbonyl (C=O) groups is 3. The summed E-state index contributed by atoms with van der Waals surface area (Å²) in [5.41, 5.74) is 1.38. The van der Waals surface area contributed by atoms with Gasteiger partial charge in [0.15, 0.2) is 0 Å². The van der Waals surface area contributed by atoms with Crippen LogP contribution in [0.4, 0.5) is 5.69 Å². The topological polar surface area (TPSA) is 76.2 Å². The highest BCUT2D eigenvalue weighted by Gasteiger charge is 2.68. The zero-order valence-corrected chi connectivity index (χ0v) is 18.5. The Labute approximate surface area is 182 Å². The number of carbonyl (C=O) groups excluding carboxylic acids is 3. The van der Waals surface area contributed by atoms with Gasteiger partial charge in [0.25, 0.3) is 0 Å². The van der Waals surface area contributed by atoms with Crippen LogP contribution in [0.1, 0.15) is 39.2 Å². The van der Waals surface area contributed by atoms with Crippen LogP contribution in [-0.4, -0.2) is 61.1 Å². The van der Waals surface area contributed by atoms with Crippen LogP contribution >= 0.6 is 0 Å². The third-order valence-corrected chi connectivity index (χ3v) is 8.27. The molecule has 2 amide bonds. The molecule has 1 saturated carbocycles. The normalized spacial score (nSPS) is 37.5. The molecule has 0 N–H and O–H groups in total. The average Bonchev–Trinajstić information content (AvgIpc) is 3.03. The quantitative estimate of drug-likeness (QED) is 0.692. The molecule has 7 atom stereocenters. The number of ether oxygens (including phenoxy) is 2. The van der Waals surface area contributed by atoms with E-state index in [2.05, 4.69) is 6.07 Å². The first kappa shape index (κ1) is 20.5. The first-order chi connectivity index (χ1) is 14.8. The predicted octanol–water partition coefficient (Wildman–Crippen LogP) is 2.12. The summed E-state index contributed by atoms with van der Waals surface area (Å²) in [5.74, 6) is -0.313. The third kappa shape index (κ3) is 2.71. The van der Waals surface area contributed by atoms with E-state index < -0.39 is 5.41 Å². The smallest absolute Gasteiger partial charge is 0.312 e. The first-order valence-electron chi connectivity index (χ1n) is 11.2. The Balaban J connectivity index is 1.68. The van der Waals surface area contributed by atoms with Gasteiger partial charge in [-0.15, -0.1) is 0 Å². The molecule has 1 aromatic carbocycles. The van der Waals surface area contributed by atoms with Gasteiger partial charge in [0.2, 0.25) is 11.8 Å². The lowest BCUT2D eigenvalue weighted by molar-refractivity contribution is -0.215. The second kappa shape index (κ2) is 7.05. The van der Waals surface area contributed by atoms with Crippen LogP contribution in [-0.2, 0) is 29.3 Å². The maximum absolute atomic E-state index is 13.1. The molecule has 0 spiro atoms. The van der Waals surface area contributed by atoms with Crippen LogP contribution in [0.5, 0.6) is 0 Å². The van der Waals surface area contributed by atoms with E-state index in [0.29, 0.717) is 19.6 Å². The Bertz CT molecular complexity index is 948. The lowest BCUT2D eigenvalue weighted by atomic mass is 9.53. The highest BCUT2D eigenvalue weighted by Crippen LogP contribution is 2.61. The minimum Gasteiger partial charge on any atom is -0.461 e. The van der Waals surface area contributed by atoms with Crippen molar-refractivity contribution in [1.82, 2.24) is 4.90 Å². The summed E-state index contributed by atoms with van der Waals surface area (Å²) in [6, 6.07) is 7.82. The molecule has 31 heavy (non-hydrogen) atoms. The number of esters is 1. The third-order valence-electron chi connectivity index (χ3n) is 8.27. The molecule has 1 aromatic rings. The Morgan fingerprint density at radius 1 is 1.23 bits per heavy atom. The summed E-state index contributed by atoms with van der Waals surface area (Å²) in [7, 11) is 1.79. The number of hydrogen-bond donors (Lipinski definition) is 0. The van der Waals surface area contributed by atoms with Gasteiger partial charge in [-0.25, -0.2) is 0 Å². The number of rotatable bonds is 3. The summed E-state index contributed by atoms with van der Waals surface area (Å²) < 4.78 is 12.2. The molecule has 0 aromatic heterocycles. The Hall–Kier alpha value is -2.41. The van der Waals surface area contributed by atoms with Gasteiger partial charge in [0.05, 0.1) is 30.1 Å². The van der Waals surface area contributed by atoms with Gasteiger partial charge < -0.3 is 19.3 Å². The van der Waals surface area contributed by atoms with Crippen LogP contribution in [0.25, 0.3) is 0 Å². The van der Waals surface area contributed by atoms with Crippen molar-refractivity contribution in [2.24, 2.45) is 17.8 Å². The second-order valence-electron chi connectivity index (χ2n) is 9.64. The van der Waals surface area contributed by atoms with E-state index in [4.69, 9.17) is 9.47 Å². The number of hydrogen-bond acceptors (Lipinski definition) is 5. The predicted molar refractivity (Wildman–Crippen MR) is 113 cm³/mol. The zero-order chi connectivity index (χ0) is 22.1. The number of anilines is 1. The lowest BCUT2D eigenvalue weighted by Crippen LogP contribution is -2.70. The molecule has 3 fully saturated rings. The molecule has 2 bridgehead atoms. The molecular weight excluding hydrogens is 396 g/mol. The van der Waals surface area contributed by atoms with Gasteiger partial charge in [-0.05, 0) is 37.3 Å². The molecule has 7 nitrogen and oxygen atoms in total. The summed E-state index contributed by atoms with van der Waals surface area (Å²) in [6.45, 7) is 6.15. The van der Waals surface area contributed by atoms with Crippen molar-refractivity contribution in [2.45, 2.75) is 57.3 Å². The molecule has 1 aliphatic carbocycles. The molecule has 4 unspecified atom stereocenters. The molecule has 3 aliphatic heterocycles. The van der Waals surface area contributed by atoms with Crippen molar-refractivity contribution >= 4 is 23.5 Å². The minimum absolute atomic E-state index is 0.00753. The maximum atomic E-state index is 13.1. The number of amides is 2. The standard InChI is InChI=1S/C24H30N2O5/c1-13-21-16-11-20(31-23(21)29)24(9-10-25(4)14(2)27)18-7-5-6-8-19(18)26(15(3)28)22(24)17(16)12-30-13/h5-8,13,16-17,20-22H,9-12H2,1-4H3/t13-,16?,17?,20+,21+,22?,24?/m1/s1. The molecule has 5 rings (SSSR count). The van der Waals surface area contributed by atoms with Gasteiger partial charge in [0, 0.05) is 39.0 Å². The maximum Gasteiger partial charge on any atom is 0.312 e. The Morgan fingerprint density at radius 2 is 1.97 bits per heavy atom. The van der Waals surface area contributed by atoms with Gasteiger partial charge in [-0.1, -0.05) is 18.2 Å². The molecule has 7 heteroatoms. The fourth-order valence-electron chi connectivity index (χ4n) is 6.82. The second-order valence-corrected chi connectivity index (χ2v) is 9.64. The summed E-state index contributed by atoms with van der Waals surface area (Å²) in [4.78, 5) is 41.6. The fourth-order valence-corrected chi connectivity index (χ4v) is 6.82. The fraction of sp³-hybridized carbons (Fsp3) is 0.625. The van der Waals surface area contributed by atoms with Crippen molar-refractivity contribution in [3.63, 3.8) is 0 Å². The molecule has 0 radical (unpaired) electrons. The van der Waals surface area contributed by atoms with E-state index in [1.807, 2.05) is 30.0 Å². The molecular formula is C24H30N2O5. The summed E-state index contributed by atoms with van der Waals surface area (Å²) >= 11 is 0. The zero-order valence-electron chi connectivity index (χ0n) is 18.5. The number of para-hydroxylation sites is 1. The van der Waals surface area contributed by atoms with E-state index in [1.165, 1.54) is 0 Å². The van der Waals surface area contributed by atoms with Crippen molar-refractivity contribution in [1.29, 1.82) is 0 Å². The van der Waals surface area contributed by atoms with Crippen LogP contribution in [0.2, 0.25) is 0 Å². The molecule has 3 heterocycles. The van der Waals surface area contributed by atoms with Crippen molar-refractivity contribution in [2.75, 3.05) is 25.1 Å². The van der Waals surface area contributed by atoms with Crippen LogP contribution in [0.3, 0.4) is 0 Å². The van der Waals surface area contributed by atoms with E-state index in [-0.39, 0.29) is 53.8 Å². The van der Waals surface area contributed by atoms with Crippen molar-refractivity contribution in [3.8, 4) is 0 Å². The minimum atomic E-state index is -0.558. The van der Waals surface area contributed by atoms with Crippen molar-refractivity contribution in [3.05, 3.63) is 29.8 Å². The van der Waals surface area contributed by atoms with Crippen LogP contribution in [0.15, 0.2) is 24.3 Å². The van der Waals surface area contributed by atoms with E-state index in [0.717, 1.165) is 17.7 Å². The van der Waals surface area contributed by atoms with Gasteiger partial charge >= 0.3 is 5.97 Å². The summed E-state index contributed by atoms with van der Waals surface area (Å²) in [6.07, 6.45) is 0.893. The number of nitrogens with zero attached hydrogens (tertiary/aromatic N) is 2.